The van der Waals surface area contributed by atoms with E-state index in [4.69, 9.17) is 18.9 Å². The second-order valence-corrected chi connectivity index (χ2v) is 16.9. The van der Waals surface area contributed by atoms with Crippen LogP contribution in [0.25, 0.3) is 32.3 Å². The molecule has 0 saturated heterocycles. The number of fused-ring (bicyclic) bond motifs is 8. The van der Waals surface area contributed by atoms with Crippen LogP contribution in [-0.4, -0.2) is 32.3 Å². The molecule has 0 fully saturated rings. The van der Waals surface area contributed by atoms with Gasteiger partial charge in [-0.05, 0) is 110 Å². The third kappa shape index (κ3) is 8.52. The van der Waals surface area contributed by atoms with Crippen LogP contribution in [0.3, 0.4) is 0 Å². The maximum Gasteiger partial charge on any atom is 0.256 e. The molecule has 0 heterocycles. The van der Waals surface area contributed by atoms with E-state index in [2.05, 4.69) is 148 Å². The van der Waals surface area contributed by atoms with E-state index in [9.17, 15) is 4.79 Å². The van der Waals surface area contributed by atoms with Crippen molar-refractivity contribution < 1.29 is 23.7 Å². The molecule has 6 heteroatoms. The maximum atomic E-state index is 14.7. The molecule has 0 radical (unpaired) electrons. The number of para-hydroxylation sites is 3. The molecule has 0 saturated carbocycles. The molecule has 0 unspecified atom stereocenters. The van der Waals surface area contributed by atoms with E-state index in [0.29, 0.717) is 63.4 Å². The third-order valence-electron chi connectivity index (χ3n) is 12.1. The van der Waals surface area contributed by atoms with Gasteiger partial charge in [0.05, 0.1) is 26.4 Å². The molecular weight excluding hydrogens is 779 g/mol. The number of rotatable bonds is 14. The van der Waals surface area contributed by atoms with Gasteiger partial charge < -0.3 is 24.3 Å². The molecule has 320 valence electrons. The SMILES string of the molecule is CCCOc1c2cccc1Cc1cccc(c1OCCC)Cc1cc(NC(=O)c3ccc4ccc5cccc6ccc3c4c56)cc(c1OCCC)Cc1cccc(c1OCCC)C2. The number of carbonyl (C=O) groups excluding carboxylic acids is 1. The molecular formula is C57H57NO5. The van der Waals surface area contributed by atoms with Crippen LogP contribution in [-0.2, 0) is 25.7 Å². The molecule has 1 aliphatic rings. The first-order valence-corrected chi connectivity index (χ1v) is 22.9. The minimum atomic E-state index is -0.153. The second-order valence-electron chi connectivity index (χ2n) is 16.9. The highest BCUT2D eigenvalue weighted by atomic mass is 16.5. The molecule has 8 aromatic rings. The summed E-state index contributed by atoms with van der Waals surface area (Å²) in [6, 6.07) is 42.7. The molecule has 63 heavy (non-hydrogen) atoms. The molecule has 1 aliphatic carbocycles. The summed E-state index contributed by atoms with van der Waals surface area (Å²) in [7, 11) is 0. The molecule has 1 N–H and O–H groups in total. The lowest BCUT2D eigenvalue weighted by Crippen LogP contribution is -2.14. The summed E-state index contributed by atoms with van der Waals surface area (Å²) < 4.78 is 26.8. The Hall–Kier alpha value is -6.53. The first kappa shape index (κ1) is 41.8. The van der Waals surface area contributed by atoms with E-state index >= 15 is 0 Å². The van der Waals surface area contributed by atoms with Crippen molar-refractivity contribution in [1.82, 2.24) is 0 Å². The number of nitrogens with one attached hydrogen (secondary N) is 1. The van der Waals surface area contributed by atoms with Crippen molar-refractivity contribution in [1.29, 1.82) is 0 Å². The van der Waals surface area contributed by atoms with Crippen LogP contribution in [0.1, 0.15) is 108 Å². The number of anilines is 1. The number of benzene rings is 8. The van der Waals surface area contributed by atoms with Crippen molar-refractivity contribution in [3.63, 3.8) is 0 Å². The molecule has 0 spiro atoms. The number of hydrogen-bond acceptors (Lipinski definition) is 5. The second kappa shape index (κ2) is 18.8. The summed E-state index contributed by atoms with van der Waals surface area (Å²) in [5.74, 6) is 3.41. The summed E-state index contributed by atoms with van der Waals surface area (Å²) in [6.45, 7) is 11.0. The van der Waals surface area contributed by atoms with Crippen LogP contribution < -0.4 is 24.3 Å². The average Bonchev–Trinajstić information content (AvgIpc) is 3.29. The summed E-state index contributed by atoms with van der Waals surface area (Å²) in [5, 5.41) is 10.1. The van der Waals surface area contributed by atoms with Gasteiger partial charge in [0.15, 0.2) is 0 Å². The molecule has 8 bridgehead atoms. The Labute approximate surface area is 371 Å². The molecule has 6 nitrogen and oxygen atoms in total. The monoisotopic (exact) mass is 835 g/mol. The fourth-order valence-electron chi connectivity index (χ4n) is 9.35. The van der Waals surface area contributed by atoms with Crippen molar-refractivity contribution in [2.24, 2.45) is 0 Å². The van der Waals surface area contributed by atoms with Crippen LogP contribution >= 0.6 is 0 Å². The van der Waals surface area contributed by atoms with Gasteiger partial charge in [-0.25, -0.2) is 0 Å². The van der Waals surface area contributed by atoms with Crippen molar-refractivity contribution >= 4 is 43.9 Å². The number of carbonyl (C=O) groups is 1. The lowest BCUT2D eigenvalue weighted by atomic mass is 9.90. The van der Waals surface area contributed by atoms with Gasteiger partial charge in [-0.1, -0.05) is 131 Å². The van der Waals surface area contributed by atoms with E-state index in [-0.39, 0.29) is 5.91 Å². The van der Waals surface area contributed by atoms with E-state index in [0.717, 1.165) is 109 Å². The van der Waals surface area contributed by atoms with Crippen molar-refractivity contribution in [3.8, 4) is 23.0 Å². The fraction of sp³-hybridized carbons (Fsp3) is 0.281. The molecule has 1 amide bonds. The molecule has 0 aromatic heterocycles. The van der Waals surface area contributed by atoms with Gasteiger partial charge >= 0.3 is 0 Å². The Kier molecular flexibility index (Phi) is 12.5. The van der Waals surface area contributed by atoms with E-state index in [1.54, 1.807) is 0 Å². The zero-order chi connectivity index (χ0) is 43.3. The van der Waals surface area contributed by atoms with Crippen LogP contribution in [0.2, 0.25) is 0 Å². The van der Waals surface area contributed by atoms with Crippen LogP contribution in [0.4, 0.5) is 5.69 Å². The van der Waals surface area contributed by atoms with E-state index in [1.165, 1.54) is 16.2 Å². The Morgan fingerprint density at radius 2 is 0.778 bits per heavy atom. The highest BCUT2D eigenvalue weighted by molar-refractivity contribution is 6.27. The van der Waals surface area contributed by atoms with Gasteiger partial charge in [0, 0.05) is 48.1 Å². The van der Waals surface area contributed by atoms with Gasteiger partial charge in [0.25, 0.3) is 5.91 Å². The van der Waals surface area contributed by atoms with Gasteiger partial charge in [0.2, 0.25) is 0 Å². The molecule has 0 atom stereocenters. The van der Waals surface area contributed by atoms with E-state index < -0.39 is 0 Å². The quantitative estimate of drug-likeness (QED) is 0.111. The van der Waals surface area contributed by atoms with Crippen molar-refractivity contribution in [2.75, 3.05) is 31.7 Å². The lowest BCUT2D eigenvalue weighted by molar-refractivity contribution is 0.102. The standard InChI is InChI=1S/C57H57NO5/c1-5-27-60-53-40-15-10-16-41(53)32-43-18-12-20-45(55(43)62-29-7-3)34-47-36-48(35-46(56(47)63-30-8-4)33-44-19-11-17-42(31-40)54(44)61-28-6-2)58-57(59)50-26-24-39-22-21-37-13-9-14-38-23-25-49(50)52(39)51(37)38/h9-26,35-36H,5-8,27-34H2,1-4H3,(H,58,59). The lowest BCUT2D eigenvalue weighted by Gasteiger charge is -2.23. The largest absolute Gasteiger partial charge is 0.493 e. The Morgan fingerprint density at radius 3 is 1.21 bits per heavy atom. The summed E-state index contributed by atoms with van der Waals surface area (Å²) in [6.07, 6.45) is 5.92. The third-order valence-corrected chi connectivity index (χ3v) is 12.1. The summed E-state index contributed by atoms with van der Waals surface area (Å²) in [4.78, 5) is 14.7. The van der Waals surface area contributed by atoms with Crippen LogP contribution in [0.5, 0.6) is 23.0 Å². The van der Waals surface area contributed by atoms with Crippen LogP contribution in [0, 0.1) is 0 Å². The van der Waals surface area contributed by atoms with Gasteiger partial charge in [-0.15, -0.1) is 0 Å². The first-order valence-electron chi connectivity index (χ1n) is 22.9. The van der Waals surface area contributed by atoms with Crippen molar-refractivity contribution in [2.45, 2.75) is 79.1 Å². The zero-order valence-electron chi connectivity index (χ0n) is 37.1. The van der Waals surface area contributed by atoms with Crippen molar-refractivity contribution in [3.05, 3.63) is 171 Å². The fourth-order valence-corrected chi connectivity index (χ4v) is 9.35. The predicted molar refractivity (Wildman–Crippen MR) is 258 cm³/mol. The predicted octanol–water partition coefficient (Wildman–Crippen LogP) is 13.7. The summed E-state index contributed by atoms with van der Waals surface area (Å²) in [5.41, 5.74) is 9.93. The topological polar surface area (TPSA) is 66.0 Å². The minimum Gasteiger partial charge on any atom is -0.493 e. The van der Waals surface area contributed by atoms with Gasteiger partial charge in [-0.2, -0.15) is 0 Å². The van der Waals surface area contributed by atoms with Crippen LogP contribution in [0.15, 0.2) is 121 Å². The normalized spacial score (nSPS) is 12.4. The Morgan fingerprint density at radius 1 is 0.429 bits per heavy atom. The summed E-state index contributed by atoms with van der Waals surface area (Å²) >= 11 is 0. The van der Waals surface area contributed by atoms with E-state index in [1.807, 2.05) is 6.07 Å². The zero-order valence-corrected chi connectivity index (χ0v) is 37.1. The molecule has 9 rings (SSSR count). The first-order chi connectivity index (χ1) is 31.0. The maximum absolute atomic E-state index is 14.7. The Bertz CT molecular complexity index is 2790. The highest BCUT2D eigenvalue weighted by Gasteiger charge is 2.24. The number of ether oxygens (including phenoxy) is 4. The Balaban J connectivity index is 1.22. The minimum absolute atomic E-state index is 0.153. The molecule has 8 aromatic carbocycles. The average molecular weight is 836 g/mol. The highest BCUT2D eigenvalue weighted by Crippen LogP contribution is 2.41. The molecule has 0 aliphatic heterocycles. The number of hydrogen-bond donors (Lipinski definition) is 1. The number of amides is 1. The van der Waals surface area contributed by atoms with Gasteiger partial charge in [-0.3, -0.25) is 4.79 Å². The smallest absolute Gasteiger partial charge is 0.256 e. The van der Waals surface area contributed by atoms with Gasteiger partial charge in [0.1, 0.15) is 23.0 Å².